The van der Waals surface area contributed by atoms with E-state index in [2.05, 4.69) is 5.32 Å². The van der Waals surface area contributed by atoms with Crippen LogP contribution in [0.5, 0.6) is 5.75 Å². The minimum Gasteiger partial charge on any atom is -0.494 e. The van der Waals surface area contributed by atoms with Crippen LogP contribution in [0.2, 0.25) is 5.02 Å². The number of ether oxygens (including phenoxy) is 1. The van der Waals surface area contributed by atoms with Gasteiger partial charge in [-0.2, -0.15) is 0 Å². The lowest BCUT2D eigenvalue weighted by atomic mass is 10.0. The van der Waals surface area contributed by atoms with Gasteiger partial charge in [0.15, 0.2) is 0 Å². The first-order chi connectivity index (χ1) is 21.2. The second-order valence-electron chi connectivity index (χ2n) is 11.2. The van der Waals surface area contributed by atoms with E-state index in [0.717, 1.165) is 43.1 Å². The largest absolute Gasteiger partial charge is 0.494 e. The summed E-state index contributed by atoms with van der Waals surface area (Å²) in [5, 5.41) is 3.71. The Labute approximate surface area is 266 Å². The van der Waals surface area contributed by atoms with Crippen LogP contribution in [0.1, 0.15) is 56.6 Å². The molecule has 0 unspecified atom stereocenters. The number of carbonyl (C=O) groups excluding carboxylic acids is 2. The summed E-state index contributed by atoms with van der Waals surface area (Å²) >= 11 is 6.53. The minimum absolute atomic E-state index is 0.0511. The van der Waals surface area contributed by atoms with E-state index in [9.17, 15) is 18.0 Å². The van der Waals surface area contributed by atoms with Crippen LogP contribution in [-0.4, -0.2) is 56.6 Å². The van der Waals surface area contributed by atoms with Crippen LogP contribution in [-0.2, 0) is 32.6 Å². The molecule has 44 heavy (non-hydrogen) atoms. The van der Waals surface area contributed by atoms with Crippen molar-refractivity contribution in [3.8, 4) is 5.75 Å². The molecule has 236 valence electrons. The molecule has 1 aliphatic carbocycles. The average Bonchev–Trinajstić information content (AvgIpc) is 3.51. The lowest BCUT2D eigenvalue weighted by Crippen LogP contribution is -2.52. The second-order valence-corrected chi connectivity index (χ2v) is 13.5. The molecule has 1 N–H and O–H groups in total. The van der Waals surface area contributed by atoms with Gasteiger partial charge in [0.1, 0.15) is 11.8 Å². The summed E-state index contributed by atoms with van der Waals surface area (Å²) in [6.07, 6.45) is 5.80. The minimum atomic E-state index is -3.61. The predicted molar refractivity (Wildman–Crippen MR) is 175 cm³/mol. The molecule has 1 fully saturated rings. The van der Waals surface area contributed by atoms with Gasteiger partial charge >= 0.3 is 0 Å². The number of nitrogens with one attached hydrogen (secondary N) is 1. The number of hydrogen-bond donors (Lipinski definition) is 1. The highest BCUT2D eigenvalue weighted by molar-refractivity contribution is 7.92. The summed E-state index contributed by atoms with van der Waals surface area (Å²) in [6, 6.07) is 23.1. The summed E-state index contributed by atoms with van der Waals surface area (Å²) in [5.74, 6) is 0.219. The molecular formula is C34H42ClN3O5S. The van der Waals surface area contributed by atoms with Gasteiger partial charge in [0.2, 0.25) is 21.8 Å². The lowest BCUT2D eigenvalue weighted by Gasteiger charge is -2.33. The summed E-state index contributed by atoms with van der Waals surface area (Å²) in [5.41, 5.74) is 2.17. The van der Waals surface area contributed by atoms with E-state index in [4.69, 9.17) is 16.3 Å². The Balaban J connectivity index is 1.57. The maximum atomic E-state index is 14.0. The Kier molecular flexibility index (Phi) is 12.1. The number of nitrogens with zero attached hydrogens (tertiary/aromatic N) is 2. The fourth-order valence-corrected chi connectivity index (χ4v) is 6.77. The van der Waals surface area contributed by atoms with Gasteiger partial charge in [-0.1, -0.05) is 73.0 Å². The highest BCUT2D eigenvalue weighted by Gasteiger charge is 2.32. The molecule has 0 radical (unpaired) electrons. The third-order valence-corrected chi connectivity index (χ3v) is 9.42. The number of amides is 2. The van der Waals surface area contributed by atoms with Crippen LogP contribution < -0.4 is 14.4 Å². The summed E-state index contributed by atoms with van der Waals surface area (Å²) < 4.78 is 32.2. The predicted octanol–water partition coefficient (Wildman–Crippen LogP) is 5.98. The van der Waals surface area contributed by atoms with Crippen LogP contribution >= 0.6 is 11.6 Å². The molecule has 0 spiro atoms. The van der Waals surface area contributed by atoms with Crippen molar-refractivity contribution in [1.82, 2.24) is 10.2 Å². The molecule has 0 aliphatic heterocycles. The molecule has 4 rings (SSSR count). The normalized spacial score (nSPS) is 14.2. The van der Waals surface area contributed by atoms with Gasteiger partial charge in [-0.25, -0.2) is 8.42 Å². The molecule has 2 amide bonds. The fourth-order valence-electron chi connectivity index (χ4n) is 5.61. The van der Waals surface area contributed by atoms with Crippen molar-refractivity contribution in [2.75, 3.05) is 23.7 Å². The number of halogens is 1. The highest BCUT2D eigenvalue weighted by atomic mass is 35.5. The number of hydrogen-bond acceptors (Lipinski definition) is 5. The number of carbonyl (C=O) groups is 2. The van der Waals surface area contributed by atoms with Gasteiger partial charge in [-0.15, -0.1) is 0 Å². The van der Waals surface area contributed by atoms with E-state index in [1.807, 2.05) is 55.5 Å². The van der Waals surface area contributed by atoms with Crippen molar-refractivity contribution in [1.29, 1.82) is 0 Å². The molecule has 1 saturated carbocycles. The van der Waals surface area contributed by atoms with Crippen LogP contribution in [0.25, 0.3) is 0 Å². The van der Waals surface area contributed by atoms with Crippen molar-refractivity contribution in [2.45, 2.75) is 70.5 Å². The van der Waals surface area contributed by atoms with Crippen molar-refractivity contribution < 1.29 is 22.7 Å². The Hall–Kier alpha value is -3.56. The molecule has 0 aromatic heterocycles. The van der Waals surface area contributed by atoms with Crippen LogP contribution in [0, 0.1) is 0 Å². The van der Waals surface area contributed by atoms with Crippen molar-refractivity contribution in [2.24, 2.45) is 0 Å². The molecule has 3 aromatic rings. The standard InChI is InChI=1S/C34H42ClN3O5S/c1-3-43-30-21-19-29(20-22-30)38(44(2,41)42)23-11-18-33(39)37(25-27-14-7-10-17-31(27)35)32(24-26-12-5-4-6-13-26)34(40)36-28-15-8-9-16-28/h4-7,10,12-14,17,19-22,28,32H,3,8-9,11,15-16,18,23-25H2,1-2H3,(H,36,40)/t32-/m0/s1. The van der Waals surface area contributed by atoms with Gasteiger partial charge in [0, 0.05) is 37.0 Å². The summed E-state index contributed by atoms with van der Waals surface area (Å²) in [7, 11) is -3.61. The molecule has 3 aromatic carbocycles. The molecule has 0 saturated heterocycles. The maximum absolute atomic E-state index is 14.0. The maximum Gasteiger partial charge on any atom is 0.243 e. The third kappa shape index (κ3) is 9.47. The zero-order valence-electron chi connectivity index (χ0n) is 25.5. The Morgan fingerprint density at radius 3 is 2.27 bits per heavy atom. The Morgan fingerprint density at radius 1 is 0.977 bits per heavy atom. The highest BCUT2D eigenvalue weighted by Crippen LogP contribution is 2.25. The summed E-state index contributed by atoms with van der Waals surface area (Å²) in [4.78, 5) is 29.5. The topological polar surface area (TPSA) is 96.0 Å². The van der Waals surface area contributed by atoms with Gasteiger partial charge in [-0.3, -0.25) is 13.9 Å². The number of rotatable bonds is 15. The van der Waals surface area contributed by atoms with Crippen LogP contribution in [0.15, 0.2) is 78.9 Å². The summed E-state index contributed by atoms with van der Waals surface area (Å²) in [6.45, 7) is 2.65. The molecule has 8 nitrogen and oxygen atoms in total. The van der Waals surface area contributed by atoms with Gasteiger partial charge < -0.3 is 15.0 Å². The molecular weight excluding hydrogens is 598 g/mol. The van der Waals surface area contributed by atoms with E-state index in [1.54, 1.807) is 35.2 Å². The zero-order valence-corrected chi connectivity index (χ0v) is 27.0. The quantitative estimate of drug-likeness (QED) is 0.221. The SMILES string of the molecule is CCOc1ccc(N(CCCC(=O)N(Cc2ccccc2Cl)[C@@H](Cc2ccccc2)C(=O)NC2CCCC2)S(C)(=O)=O)cc1. The monoisotopic (exact) mass is 639 g/mol. The van der Waals surface area contributed by atoms with Gasteiger partial charge in [0.05, 0.1) is 18.6 Å². The zero-order chi connectivity index (χ0) is 31.5. The first-order valence-electron chi connectivity index (χ1n) is 15.2. The van der Waals surface area contributed by atoms with Crippen molar-refractivity contribution >= 4 is 39.1 Å². The van der Waals surface area contributed by atoms with E-state index < -0.39 is 16.1 Å². The smallest absolute Gasteiger partial charge is 0.243 e. The Morgan fingerprint density at radius 2 is 1.64 bits per heavy atom. The average molecular weight is 640 g/mol. The first kappa shape index (κ1) is 33.3. The Bertz CT molecular complexity index is 1480. The first-order valence-corrected chi connectivity index (χ1v) is 17.5. The van der Waals surface area contributed by atoms with E-state index in [-0.39, 0.29) is 43.8 Å². The molecule has 1 atom stereocenters. The van der Waals surface area contributed by atoms with E-state index in [0.29, 0.717) is 29.5 Å². The van der Waals surface area contributed by atoms with Gasteiger partial charge in [-0.05, 0) is 67.6 Å². The number of benzene rings is 3. The van der Waals surface area contributed by atoms with Crippen LogP contribution in [0.4, 0.5) is 5.69 Å². The molecule has 0 bridgehead atoms. The van der Waals surface area contributed by atoms with Gasteiger partial charge in [0.25, 0.3) is 0 Å². The molecule has 1 aliphatic rings. The van der Waals surface area contributed by atoms with Crippen LogP contribution in [0.3, 0.4) is 0 Å². The number of sulfonamides is 1. The number of anilines is 1. The van der Waals surface area contributed by atoms with E-state index in [1.165, 1.54) is 4.31 Å². The molecule has 0 heterocycles. The fraction of sp³-hybridized carbons (Fsp3) is 0.412. The van der Waals surface area contributed by atoms with Crippen molar-refractivity contribution in [3.63, 3.8) is 0 Å². The second kappa shape index (κ2) is 16.0. The van der Waals surface area contributed by atoms with E-state index >= 15 is 0 Å². The van der Waals surface area contributed by atoms with Crippen molar-refractivity contribution in [3.05, 3.63) is 95.0 Å². The molecule has 10 heteroatoms. The lowest BCUT2D eigenvalue weighted by molar-refractivity contribution is -0.141. The third-order valence-electron chi connectivity index (χ3n) is 7.86.